The molecule has 6 nitrogen and oxygen atoms in total. The van der Waals surface area contributed by atoms with Crippen LogP contribution < -0.4 is 0 Å². The fourth-order valence-corrected chi connectivity index (χ4v) is 1.93. The summed E-state index contributed by atoms with van der Waals surface area (Å²) < 4.78 is 3.84. The molecule has 2 rings (SSSR count). The highest BCUT2D eigenvalue weighted by Gasteiger charge is 2.19. The third-order valence-corrected chi connectivity index (χ3v) is 3.16. The highest BCUT2D eigenvalue weighted by Crippen LogP contribution is 2.18. The van der Waals surface area contributed by atoms with Gasteiger partial charge in [0.2, 0.25) is 0 Å². The van der Waals surface area contributed by atoms with Gasteiger partial charge in [0.1, 0.15) is 18.7 Å². The molecule has 0 aliphatic heterocycles. The summed E-state index contributed by atoms with van der Waals surface area (Å²) in [6.07, 6.45) is 5.52. The normalized spacial score (nSPS) is 13.1. The van der Waals surface area contributed by atoms with Gasteiger partial charge in [-0.1, -0.05) is 27.2 Å². The number of unbranched alkanes of at least 4 members (excludes halogenated alkanes) is 1. The molecule has 0 saturated heterocycles. The summed E-state index contributed by atoms with van der Waals surface area (Å²) in [7, 11) is 0. The number of hydrogen-bond donors (Lipinski definition) is 0. The molecule has 6 heteroatoms. The summed E-state index contributed by atoms with van der Waals surface area (Å²) in [6.45, 7) is 9.39. The van der Waals surface area contributed by atoms with Crippen LogP contribution in [0.2, 0.25) is 0 Å². The van der Waals surface area contributed by atoms with E-state index in [1.54, 1.807) is 12.7 Å². The highest BCUT2D eigenvalue weighted by atomic mass is 15.4. The van der Waals surface area contributed by atoms with E-state index in [1.807, 2.05) is 9.36 Å². The van der Waals surface area contributed by atoms with Crippen LogP contribution in [0.5, 0.6) is 0 Å². The molecule has 0 spiro atoms. The maximum Gasteiger partial charge on any atom is 0.153 e. The molecule has 0 saturated carbocycles. The second-order valence-electron chi connectivity index (χ2n) is 5.11. The van der Waals surface area contributed by atoms with Gasteiger partial charge in [0.15, 0.2) is 11.6 Å². The Morgan fingerprint density at radius 1 is 1.26 bits per heavy atom. The van der Waals surface area contributed by atoms with Crippen LogP contribution in [0, 0.1) is 0 Å². The number of aryl methyl sites for hydroxylation is 1. The molecule has 1 atom stereocenters. The van der Waals surface area contributed by atoms with Crippen molar-refractivity contribution in [2.75, 3.05) is 0 Å². The Morgan fingerprint density at radius 3 is 2.63 bits per heavy atom. The molecule has 0 bridgehead atoms. The lowest BCUT2D eigenvalue weighted by molar-refractivity contribution is 0.469. The second kappa shape index (κ2) is 5.95. The Bertz CT molecular complexity index is 499. The van der Waals surface area contributed by atoms with Crippen molar-refractivity contribution in [2.24, 2.45) is 0 Å². The number of rotatable bonds is 6. The SMILES string of the molecule is CCCCn1nc(C(C)C)nc1C(C)n1cncn1. The molecule has 0 N–H and O–H groups in total. The second-order valence-corrected chi connectivity index (χ2v) is 5.11. The van der Waals surface area contributed by atoms with Crippen molar-refractivity contribution in [3.05, 3.63) is 24.3 Å². The standard InChI is InChI=1S/C13H22N6/c1-5-6-7-18-13(16-12(17-18)10(2)3)11(4)19-9-14-8-15-19/h8-11H,5-7H2,1-4H3. The summed E-state index contributed by atoms with van der Waals surface area (Å²) in [4.78, 5) is 8.68. The fraction of sp³-hybridized carbons (Fsp3) is 0.692. The van der Waals surface area contributed by atoms with Crippen LogP contribution in [-0.4, -0.2) is 29.5 Å². The van der Waals surface area contributed by atoms with Crippen molar-refractivity contribution in [3.63, 3.8) is 0 Å². The van der Waals surface area contributed by atoms with Gasteiger partial charge in [-0.25, -0.2) is 19.3 Å². The lowest BCUT2D eigenvalue weighted by Gasteiger charge is -2.12. The van der Waals surface area contributed by atoms with Crippen molar-refractivity contribution in [1.29, 1.82) is 0 Å². The van der Waals surface area contributed by atoms with E-state index in [0.717, 1.165) is 31.0 Å². The molecule has 0 amide bonds. The number of nitrogens with zero attached hydrogens (tertiary/aromatic N) is 6. The van der Waals surface area contributed by atoms with Crippen LogP contribution in [0.1, 0.15) is 64.1 Å². The smallest absolute Gasteiger partial charge is 0.153 e. The number of hydrogen-bond acceptors (Lipinski definition) is 4. The van der Waals surface area contributed by atoms with E-state index in [0.29, 0.717) is 5.92 Å². The first-order valence-electron chi connectivity index (χ1n) is 6.92. The van der Waals surface area contributed by atoms with Gasteiger partial charge in [0, 0.05) is 12.5 Å². The van der Waals surface area contributed by atoms with Gasteiger partial charge in [-0.05, 0) is 13.3 Å². The maximum atomic E-state index is 4.68. The van der Waals surface area contributed by atoms with Gasteiger partial charge < -0.3 is 0 Å². The van der Waals surface area contributed by atoms with Gasteiger partial charge in [-0.3, -0.25) is 0 Å². The zero-order valence-electron chi connectivity index (χ0n) is 12.1. The van der Waals surface area contributed by atoms with Gasteiger partial charge in [-0.2, -0.15) is 10.2 Å². The average molecular weight is 262 g/mol. The molecule has 0 fully saturated rings. The van der Waals surface area contributed by atoms with Crippen LogP contribution in [0.3, 0.4) is 0 Å². The maximum absolute atomic E-state index is 4.68. The van der Waals surface area contributed by atoms with Crippen LogP contribution in [0.25, 0.3) is 0 Å². The summed E-state index contributed by atoms with van der Waals surface area (Å²) in [5, 5.41) is 8.81. The third-order valence-electron chi connectivity index (χ3n) is 3.16. The Balaban J connectivity index is 2.31. The molecule has 2 heterocycles. The molecular formula is C13H22N6. The zero-order chi connectivity index (χ0) is 13.8. The summed E-state index contributed by atoms with van der Waals surface area (Å²) >= 11 is 0. The minimum absolute atomic E-state index is 0.0550. The van der Waals surface area contributed by atoms with E-state index < -0.39 is 0 Å². The minimum atomic E-state index is 0.0550. The summed E-state index contributed by atoms with van der Waals surface area (Å²) in [6, 6.07) is 0.0550. The molecule has 0 aliphatic rings. The van der Waals surface area contributed by atoms with E-state index in [1.165, 1.54) is 0 Å². The van der Waals surface area contributed by atoms with Crippen LogP contribution in [0.4, 0.5) is 0 Å². The van der Waals surface area contributed by atoms with Crippen molar-refractivity contribution in [2.45, 2.75) is 59.0 Å². The third kappa shape index (κ3) is 3.00. The van der Waals surface area contributed by atoms with E-state index in [-0.39, 0.29) is 6.04 Å². The molecule has 1 unspecified atom stereocenters. The molecule has 0 aliphatic carbocycles. The van der Waals surface area contributed by atoms with E-state index in [9.17, 15) is 0 Å². The zero-order valence-corrected chi connectivity index (χ0v) is 12.1. The van der Waals surface area contributed by atoms with Crippen LogP contribution in [0.15, 0.2) is 12.7 Å². The molecule has 0 radical (unpaired) electrons. The van der Waals surface area contributed by atoms with Gasteiger partial charge in [0.05, 0.1) is 0 Å². The number of aromatic nitrogens is 6. The monoisotopic (exact) mass is 262 g/mol. The van der Waals surface area contributed by atoms with E-state index >= 15 is 0 Å². The Labute approximate surface area is 113 Å². The Morgan fingerprint density at radius 2 is 2.05 bits per heavy atom. The topological polar surface area (TPSA) is 61.4 Å². The first-order chi connectivity index (χ1) is 9.13. The Hall–Kier alpha value is -1.72. The van der Waals surface area contributed by atoms with Crippen molar-refractivity contribution < 1.29 is 0 Å². The predicted octanol–water partition coefficient (Wildman–Crippen LogP) is 2.40. The summed E-state index contributed by atoms with van der Waals surface area (Å²) in [5.74, 6) is 2.20. The van der Waals surface area contributed by atoms with Crippen molar-refractivity contribution in [1.82, 2.24) is 29.5 Å². The predicted molar refractivity (Wildman–Crippen MR) is 72.9 cm³/mol. The molecule has 2 aromatic heterocycles. The minimum Gasteiger partial charge on any atom is -0.248 e. The highest BCUT2D eigenvalue weighted by molar-refractivity contribution is 5.02. The Kier molecular flexibility index (Phi) is 4.29. The lowest BCUT2D eigenvalue weighted by atomic mass is 10.2. The van der Waals surface area contributed by atoms with Crippen LogP contribution >= 0.6 is 0 Å². The lowest BCUT2D eigenvalue weighted by Crippen LogP contribution is -2.15. The largest absolute Gasteiger partial charge is 0.248 e. The fourth-order valence-electron chi connectivity index (χ4n) is 1.93. The first-order valence-corrected chi connectivity index (χ1v) is 6.92. The molecule has 104 valence electrons. The molecule has 19 heavy (non-hydrogen) atoms. The van der Waals surface area contributed by atoms with Gasteiger partial charge in [0.25, 0.3) is 0 Å². The quantitative estimate of drug-likeness (QED) is 0.802. The van der Waals surface area contributed by atoms with E-state index in [2.05, 4.69) is 47.9 Å². The van der Waals surface area contributed by atoms with Gasteiger partial charge >= 0.3 is 0 Å². The molecule has 2 aromatic rings. The van der Waals surface area contributed by atoms with Crippen molar-refractivity contribution >= 4 is 0 Å². The summed E-state index contributed by atoms with van der Waals surface area (Å²) in [5.41, 5.74) is 0. The van der Waals surface area contributed by atoms with Crippen molar-refractivity contribution in [3.8, 4) is 0 Å². The van der Waals surface area contributed by atoms with Gasteiger partial charge in [-0.15, -0.1) is 0 Å². The molecular weight excluding hydrogens is 240 g/mol. The first kappa shape index (κ1) is 13.7. The van der Waals surface area contributed by atoms with Crippen LogP contribution in [-0.2, 0) is 6.54 Å². The average Bonchev–Trinajstić information content (AvgIpc) is 3.04. The van der Waals surface area contributed by atoms with E-state index in [4.69, 9.17) is 0 Å². The molecule has 0 aromatic carbocycles.